The molecule has 1 heterocycles. The molecule has 1 aromatic rings. The van der Waals surface area contributed by atoms with Crippen LogP contribution in [0.5, 0.6) is 5.75 Å². The van der Waals surface area contributed by atoms with Gasteiger partial charge in [0.1, 0.15) is 5.75 Å². The van der Waals surface area contributed by atoms with E-state index in [4.69, 9.17) is 15.2 Å². The Balaban J connectivity index is 2.08. The van der Waals surface area contributed by atoms with Crippen LogP contribution in [-0.4, -0.2) is 18.2 Å². The lowest BCUT2D eigenvalue weighted by molar-refractivity contribution is -0.156. The summed E-state index contributed by atoms with van der Waals surface area (Å²) in [6.07, 6.45) is 0.827. The number of nitrogen functional groups attached to an aromatic ring is 1. The second-order valence-corrected chi connectivity index (χ2v) is 4.50. The van der Waals surface area contributed by atoms with Crippen LogP contribution >= 0.6 is 0 Å². The van der Waals surface area contributed by atoms with Crippen LogP contribution in [-0.2, 0) is 16.0 Å². The smallest absolute Gasteiger partial charge is 0.347 e. The highest BCUT2D eigenvalue weighted by molar-refractivity contribution is 5.76. The Bertz CT molecular complexity index is 429. The van der Waals surface area contributed by atoms with Crippen LogP contribution in [0.15, 0.2) is 18.2 Å². The van der Waals surface area contributed by atoms with Crippen molar-refractivity contribution in [3.05, 3.63) is 23.8 Å². The van der Waals surface area contributed by atoms with E-state index in [2.05, 4.69) is 0 Å². The fourth-order valence-electron chi connectivity index (χ4n) is 1.88. The van der Waals surface area contributed by atoms with Crippen molar-refractivity contribution in [2.24, 2.45) is 0 Å². The zero-order valence-corrected chi connectivity index (χ0v) is 10.1. The van der Waals surface area contributed by atoms with Crippen molar-refractivity contribution in [1.29, 1.82) is 0 Å². The summed E-state index contributed by atoms with van der Waals surface area (Å²) in [6.45, 7) is 3.66. The van der Waals surface area contributed by atoms with Gasteiger partial charge in [-0.2, -0.15) is 0 Å². The Kier molecular flexibility index (Phi) is 3.22. The van der Waals surface area contributed by atoms with Crippen LogP contribution in [0.1, 0.15) is 25.8 Å². The van der Waals surface area contributed by atoms with Gasteiger partial charge in [0.15, 0.2) is 6.10 Å². The third kappa shape index (κ3) is 2.70. The van der Waals surface area contributed by atoms with Gasteiger partial charge in [0.05, 0.1) is 6.10 Å². The van der Waals surface area contributed by atoms with Gasteiger partial charge in [0, 0.05) is 5.69 Å². The van der Waals surface area contributed by atoms with E-state index in [9.17, 15) is 4.79 Å². The molecule has 1 atom stereocenters. The van der Waals surface area contributed by atoms with Crippen molar-refractivity contribution >= 4 is 11.7 Å². The minimum atomic E-state index is -0.492. The number of fused-ring (bicyclic) bond motifs is 1. The molecule has 1 aliphatic heterocycles. The SMILES string of the molecule is CC(C)OC(=O)[C@H]1CCc2cc(N)ccc2O1. The predicted octanol–water partition coefficient (Wildman–Crippen LogP) is 1.91. The van der Waals surface area contributed by atoms with Crippen LogP contribution in [0.3, 0.4) is 0 Å². The maximum atomic E-state index is 11.7. The molecule has 0 amide bonds. The number of ether oxygens (including phenoxy) is 2. The van der Waals surface area contributed by atoms with E-state index in [0.717, 1.165) is 23.4 Å². The van der Waals surface area contributed by atoms with Crippen LogP contribution in [0.25, 0.3) is 0 Å². The summed E-state index contributed by atoms with van der Waals surface area (Å²) in [4.78, 5) is 11.7. The van der Waals surface area contributed by atoms with Gasteiger partial charge < -0.3 is 15.2 Å². The molecule has 0 saturated heterocycles. The lowest BCUT2D eigenvalue weighted by atomic mass is 10.0. The molecule has 0 spiro atoms. The first-order chi connectivity index (χ1) is 8.06. The number of carbonyl (C=O) groups excluding carboxylic acids is 1. The molecule has 0 unspecified atom stereocenters. The number of nitrogens with two attached hydrogens (primary N) is 1. The predicted molar refractivity (Wildman–Crippen MR) is 64.8 cm³/mol. The largest absolute Gasteiger partial charge is 0.478 e. The first kappa shape index (κ1) is 11.8. The summed E-state index contributed by atoms with van der Waals surface area (Å²) in [5.74, 6) is 0.443. The molecule has 1 aliphatic rings. The first-order valence-corrected chi connectivity index (χ1v) is 5.82. The zero-order valence-electron chi connectivity index (χ0n) is 10.1. The van der Waals surface area contributed by atoms with E-state index in [0.29, 0.717) is 6.42 Å². The number of rotatable bonds is 2. The summed E-state index contributed by atoms with van der Waals surface area (Å²) in [7, 11) is 0. The van der Waals surface area contributed by atoms with Gasteiger partial charge in [0.2, 0.25) is 0 Å². The van der Waals surface area contributed by atoms with E-state index in [-0.39, 0.29) is 12.1 Å². The van der Waals surface area contributed by atoms with Crippen LogP contribution in [0.2, 0.25) is 0 Å². The Morgan fingerprint density at radius 3 is 3.00 bits per heavy atom. The Hall–Kier alpha value is -1.71. The molecule has 0 saturated carbocycles. The monoisotopic (exact) mass is 235 g/mol. The fourth-order valence-corrected chi connectivity index (χ4v) is 1.88. The van der Waals surface area contributed by atoms with Gasteiger partial charge in [0.25, 0.3) is 0 Å². The summed E-state index contributed by atoms with van der Waals surface area (Å²) in [5.41, 5.74) is 7.47. The van der Waals surface area contributed by atoms with Crippen LogP contribution < -0.4 is 10.5 Å². The average Bonchev–Trinajstić information content (AvgIpc) is 2.27. The van der Waals surface area contributed by atoms with Crippen molar-refractivity contribution in [1.82, 2.24) is 0 Å². The van der Waals surface area contributed by atoms with E-state index < -0.39 is 6.10 Å². The number of aryl methyl sites for hydroxylation is 1. The van der Waals surface area contributed by atoms with Crippen molar-refractivity contribution in [2.45, 2.75) is 38.9 Å². The number of anilines is 1. The molecule has 0 fully saturated rings. The summed E-state index contributed by atoms with van der Waals surface area (Å²) in [6, 6.07) is 5.47. The van der Waals surface area contributed by atoms with Crippen LogP contribution in [0, 0.1) is 0 Å². The Labute approximate surface area is 101 Å². The molecule has 0 aromatic heterocycles. The molecule has 92 valence electrons. The summed E-state index contributed by atoms with van der Waals surface area (Å²) < 4.78 is 10.8. The lowest BCUT2D eigenvalue weighted by Gasteiger charge is -2.25. The molecule has 1 aromatic carbocycles. The molecule has 17 heavy (non-hydrogen) atoms. The lowest BCUT2D eigenvalue weighted by Crippen LogP contribution is -2.34. The van der Waals surface area contributed by atoms with Gasteiger partial charge in [-0.25, -0.2) is 4.79 Å². The van der Waals surface area contributed by atoms with E-state index in [1.165, 1.54) is 0 Å². The first-order valence-electron chi connectivity index (χ1n) is 5.82. The maximum absolute atomic E-state index is 11.7. The van der Waals surface area contributed by atoms with E-state index in [1.54, 1.807) is 12.1 Å². The fraction of sp³-hybridized carbons (Fsp3) is 0.462. The highest BCUT2D eigenvalue weighted by Gasteiger charge is 2.27. The molecular weight excluding hydrogens is 218 g/mol. The number of benzene rings is 1. The number of hydrogen-bond acceptors (Lipinski definition) is 4. The summed E-state index contributed by atoms with van der Waals surface area (Å²) in [5, 5.41) is 0. The average molecular weight is 235 g/mol. The molecule has 2 N–H and O–H groups in total. The van der Waals surface area contributed by atoms with Gasteiger partial charge in [-0.1, -0.05) is 0 Å². The van der Waals surface area contributed by atoms with Crippen molar-refractivity contribution in [2.75, 3.05) is 5.73 Å². The molecule has 0 bridgehead atoms. The topological polar surface area (TPSA) is 61.5 Å². The molecule has 0 radical (unpaired) electrons. The normalized spacial score (nSPS) is 18.4. The quantitative estimate of drug-likeness (QED) is 0.628. The second-order valence-electron chi connectivity index (χ2n) is 4.50. The van der Waals surface area contributed by atoms with Gasteiger partial charge in [-0.05, 0) is 50.5 Å². The van der Waals surface area contributed by atoms with Gasteiger partial charge in [-0.3, -0.25) is 0 Å². The maximum Gasteiger partial charge on any atom is 0.347 e. The molecular formula is C13H17NO3. The molecule has 4 nitrogen and oxygen atoms in total. The van der Waals surface area contributed by atoms with Gasteiger partial charge in [-0.15, -0.1) is 0 Å². The van der Waals surface area contributed by atoms with Crippen molar-refractivity contribution < 1.29 is 14.3 Å². The third-order valence-electron chi connectivity index (χ3n) is 2.64. The number of carbonyl (C=O) groups is 1. The molecule has 2 rings (SSSR count). The number of hydrogen-bond donors (Lipinski definition) is 1. The van der Waals surface area contributed by atoms with Gasteiger partial charge >= 0.3 is 5.97 Å². The minimum absolute atomic E-state index is 0.112. The molecule has 0 aliphatic carbocycles. The van der Waals surface area contributed by atoms with Crippen LogP contribution in [0.4, 0.5) is 5.69 Å². The number of esters is 1. The van der Waals surface area contributed by atoms with Crippen molar-refractivity contribution in [3.8, 4) is 5.75 Å². The van der Waals surface area contributed by atoms with E-state index in [1.807, 2.05) is 19.9 Å². The van der Waals surface area contributed by atoms with Crippen molar-refractivity contribution in [3.63, 3.8) is 0 Å². The van der Waals surface area contributed by atoms with E-state index >= 15 is 0 Å². The Morgan fingerprint density at radius 2 is 2.29 bits per heavy atom. The summed E-state index contributed by atoms with van der Waals surface area (Å²) >= 11 is 0. The standard InChI is InChI=1S/C13H17NO3/c1-8(2)16-13(15)12-5-3-9-7-10(14)4-6-11(9)17-12/h4,6-8,12H,3,5,14H2,1-2H3/t12-/m1/s1. The Morgan fingerprint density at radius 1 is 1.53 bits per heavy atom. The zero-order chi connectivity index (χ0) is 12.4. The molecule has 4 heteroatoms. The highest BCUT2D eigenvalue weighted by atomic mass is 16.6. The second kappa shape index (κ2) is 4.65. The minimum Gasteiger partial charge on any atom is -0.478 e. The highest BCUT2D eigenvalue weighted by Crippen LogP contribution is 2.29. The third-order valence-corrected chi connectivity index (χ3v) is 2.64.